The van der Waals surface area contributed by atoms with E-state index in [4.69, 9.17) is 5.21 Å². The highest BCUT2D eigenvalue weighted by molar-refractivity contribution is 5.93. The van der Waals surface area contributed by atoms with Crippen molar-refractivity contribution in [2.45, 2.75) is 58.4 Å². The number of hydrogen-bond acceptors (Lipinski definition) is 3. The van der Waals surface area contributed by atoms with Gasteiger partial charge in [-0.1, -0.05) is 26.0 Å². The third kappa shape index (κ3) is 3.38. The minimum Gasteiger partial charge on any atom is -0.349 e. The maximum Gasteiger partial charge on any atom is 0.274 e. The standard InChI is InChI=1S/C22H30N2O3/c1-13(2)19(17-3-5-18(6-4-17)20(25)24-27)23-21(26)22-10-14-7-15(11-22)9-16(8-14)12-22/h3-6,13-16,19,27H,7-12H2,1-2H3,(H,23,26)(H,24,25). The molecule has 0 aromatic heterocycles. The first-order valence-corrected chi connectivity index (χ1v) is 10.3. The highest BCUT2D eigenvalue weighted by atomic mass is 16.5. The number of hydrogen-bond donors (Lipinski definition) is 3. The molecule has 4 bridgehead atoms. The summed E-state index contributed by atoms with van der Waals surface area (Å²) in [6.45, 7) is 4.22. The summed E-state index contributed by atoms with van der Waals surface area (Å²) >= 11 is 0. The van der Waals surface area contributed by atoms with Gasteiger partial charge in [-0.15, -0.1) is 0 Å². The molecule has 1 aromatic rings. The SMILES string of the molecule is CC(C)C(NC(=O)C12CC3CC(CC(C3)C1)C2)c1ccc(C(=O)NO)cc1. The average molecular weight is 370 g/mol. The quantitative estimate of drug-likeness (QED) is 0.544. The number of carbonyl (C=O) groups is 2. The number of rotatable bonds is 5. The normalized spacial score (nSPS) is 32.4. The van der Waals surface area contributed by atoms with E-state index in [-0.39, 0.29) is 23.3 Å². The molecule has 27 heavy (non-hydrogen) atoms. The number of carbonyl (C=O) groups excluding carboxylic acids is 2. The molecule has 4 fully saturated rings. The summed E-state index contributed by atoms with van der Waals surface area (Å²) in [5, 5.41) is 12.1. The van der Waals surface area contributed by atoms with Crippen LogP contribution in [0.3, 0.4) is 0 Å². The average Bonchev–Trinajstić information content (AvgIpc) is 2.64. The minimum atomic E-state index is -0.528. The molecule has 4 aliphatic carbocycles. The molecule has 5 rings (SSSR count). The predicted octanol–water partition coefficient (Wildman–Crippen LogP) is 3.84. The molecule has 1 atom stereocenters. The van der Waals surface area contributed by atoms with Crippen LogP contribution < -0.4 is 10.8 Å². The zero-order valence-corrected chi connectivity index (χ0v) is 16.2. The second kappa shape index (κ2) is 6.93. The molecule has 0 saturated heterocycles. The van der Waals surface area contributed by atoms with E-state index in [1.807, 2.05) is 12.1 Å². The Morgan fingerprint density at radius 2 is 1.52 bits per heavy atom. The fourth-order valence-electron chi connectivity index (χ4n) is 6.22. The van der Waals surface area contributed by atoms with Crippen molar-refractivity contribution in [3.63, 3.8) is 0 Å². The highest BCUT2D eigenvalue weighted by Gasteiger charge is 2.54. The van der Waals surface area contributed by atoms with Crippen molar-refractivity contribution in [1.82, 2.24) is 10.8 Å². The number of benzene rings is 1. The van der Waals surface area contributed by atoms with E-state index < -0.39 is 5.91 Å². The molecule has 5 heteroatoms. The van der Waals surface area contributed by atoms with Crippen LogP contribution in [-0.4, -0.2) is 17.0 Å². The molecular formula is C22H30N2O3. The molecule has 0 aliphatic heterocycles. The Bertz CT molecular complexity index is 690. The third-order valence-corrected chi connectivity index (χ3v) is 7.11. The van der Waals surface area contributed by atoms with Gasteiger partial charge in [0.05, 0.1) is 6.04 Å². The van der Waals surface area contributed by atoms with E-state index in [1.54, 1.807) is 17.6 Å². The zero-order valence-electron chi connectivity index (χ0n) is 16.2. The van der Waals surface area contributed by atoms with Gasteiger partial charge in [0.15, 0.2) is 0 Å². The second-order valence-electron chi connectivity index (χ2n) is 9.46. The lowest BCUT2D eigenvalue weighted by atomic mass is 9.49. The first-order chi connectivity index (χ1) is 12.9. The Morgan fingerprint density at radius 1 is 1.00 bits per heavy atom. The molecule has 146 valence electrons. The van der Waals surface area contributed by atoms with Crippen LogP contribution in [0.2, 0.25) is 0 Å². The number of amides is 2. The summed E-state index contributed by atoms with van der Waals surface area (Å²) in [6.07, 6.45) is 7.17. The van der Waals surface area contributed by atoms with Crippen LogP contribution >= 0.6 is 0 Å². The second-order valence-corrected chi connectivity index (χ2v) is 9.46. The van der Waals surface area contributed by atoms with Gasteiger partial charge in [0.1, 0.15) is 0 Å². The molecule has 1 unspecified atom stereocenters. The maximum atomic E-state index is 13.4. The van der Waals surface area contributed by atoms with Crippen LogP contribution in [0.15, 0.2) is 24.3 Å². The summed E-state index contributed by atoms with van der Waals surface area (Å²) in [4.78, 5) is 24.9. The van der Waals surface area contributed by atoms with E-state index in [9.17, 15) is 9.59 Å². The Labute approximate surface area is 160 Å². The fourth-order valence-corrected chi connectivity index (χ4v) is 6.22. The molecule has 0 spiro atoms. The van der Waals surface area contributed by atoms with Crippen LogP contribution in [0, 0.1) is 29.1 Å². The van der Waals surface area contributed by atoms with Crippen molar-refractivity contribution < 1.29 is 14.8 Å². The van der Waals surface area contributed by atoms with E-state index in [1.165, 1.54) is 19.3 Å². The Morgan fingerprint density at radius 3 is 1.96 bits per heavy atom. The van der Waals surface area contributed by atoms with E-state index >= 15 is 0 Å². The van der Waals surface area contributed by atoms with Gasteiger partial charge in [-0.2, -0.15) is 0 Å². The molecule has 3 N–H and O–H groups in total. The summed E-state index contributed by atoms with van der Waals surface area (Å²) in [5.41, 5.74) is 2.89. The van der Waals surface area contributed by atoms with E-state index in [0.717, 1.165) is 42.6 Å². The van der Waals surface area contributed by atoms with Crippen LogP contribution in [0.4, 0.5) is 0 Å². The lowest BCUT2D eigenvalue weighted by Gasteiger charge is -2.56. The smallest absolute Gasteiger partial charge is 0.274 e. The predicted molar refractivity (Wildman–Crippen MR) is 102 cm³/mol. The van der Waals surface area contributed by atoms with Crippen LogP contribution in [0.5, 0.6) is 0 Å². The molecule has 5 nitrogen and oxygen atoms in total. The van der Waals surface area contributed by atoms with Crippen molar-refractivity contribution in [3.8, 4) is 0 Å². The monoisotopic (exact) mass is 370 g/mol. The van der Waals surface area contributed by atoms with Gasteiger partial charge < -0.3 is 5.32 Å². The van der Waals surface area contributed by atoms with Crippen molar-refractivity contribution in [3.05, 3.63) is 35.4 Å². The number of nitrogens with one attached hydrogen (secondary N) is 2. The van der Waals surface area contributed by atoms with Crippen molar-refractivity contribution in [2.24, 2.45) is 29.1 Å². The number of hydroxylamine groups is 1. The Hall–Kier alpha value is -1.88. The summed E-state index contributed by atoms with van der Waals surface area (Å²) in [7, 11) is 0. The van der Waals surface area contributed by atoms with Gasteiger partial charge in [0.2, 0.25) is 5.91 Å². The molecule has 4 aliphatic rings. The maximum absolute atomic E-state index is 13.4. The molecule has 1 aromatic carbocycles. The van der Waals surface area contributed by atoms with E-state index in [2.05, 4.69) is 19.2 Å². The van der Waals surface area contributed by atoms with Gasteiger partial charge >= 0.3 is 0 Å². The largest absolute Gasteiger partial charge is 0.349 e. The zero-order chi connectivity index (χ0) is 19.2. The summed E-state index contributed by atoms with van der Waals surface area (Å²) < 4.78 is 0. The van der Waals surface area contributed by atoms with Crippen LogP contribution in [0.25, 0.3) is 0 Å². The van der Waals surface area contributed by atoms with Gasteiger partial charge in [0.25, 0.3) is 5.91 Å². The van der Waals surface area contributed by atoms with Crippen molar-refractivity contribution in [2.75, 3.05) is 0 Å². The van der Waals surface area contributed by atoms with Gasteiger partial charge in [-0.3, -0.25) is 14.8 Å². The van der Waals surface area contributed by atoms with E-state index in [0.29, 0.717) is 5.56 Å². The third-order valence-electron chi connectivity index (χ3n) is 7.11. The van der Waals surface area contributed by atoms with Crippen molar-refractivity contribution >= 4 is 11.8 Å². The lowest BCUT2D eigenvalue weighted by molar-refractivity contribution is -0.147. The highest BCUT2D eigenvalue weighted by Crippen LogP contribution is 2.60. The fraction of sp³-hybridized carbons (Fsp3) is 0.636. The molecule has 0 radical (unpaired) electrons. The minimum absolute atomic E-state index is 0.0725. The first-order valence-electron chi connectivity index (χ1n) is 10.3. The van der Waals surface area contributed by atoms with Crippen molar-refractivity contribution in [1.29, 1.82) is 0 Å². The van der Waals surface area contributed by atoms with Gasteiger partial charge in [0, 0.05) is 11.0 Å². The Kier molecular flexibility index (Phi) is 4.75. The molecule has 4 saturated carbocycles. The summed E-state index contributed by atoms with van der Waals surface area (Å²) in [5.74, 6) is 2.19. The van der Waals surface area contributed by atoms with Crippen LogP contribution in [0.1, 0.15) is 74.3 Å². The molecular weight excluding hydrogens is 340 g/mol. The molecule has 2 amide bonds. The Balaban J connectivity index is 1.52. The topological polar surface area (TPSA) is 78.4 Å². The van der Waals surface area contributed by atoms with Gasteiger partial charge in [-0.25, -0.2) is 5.48 Å². The lowest BCUT2D eigenvalue weighted by Crippen LogP contribution is -2.54. The van der Waals surface area contributed by atoms with Gasteiger partial charge in [-0.05, 0) is 79.9 Å². The molecule has 0 heterocycles. The summed E-state index contributed by atoms with van der Waals surface area (Å²) in [6, 6.07) is 7.04. The first kappa shape index (κ1) is 18.5. The van der Waals surface area contributed by atoms with Crippen LogP contribution in [-0.2, 0) is 4.79 Å².